The molecule has 2 fully saturated rings. The lowest BCUT2D eigenvalue weighted by molar-refractivity contribution is -0.144. The summed E-state index contributed by atoms with van der Waals surface area (Å²) in [5, 5.41) is 8.09. The number of hydrogen-bond acceptors (Lipinski definition) is 7. The number of ether oxygens (including phenoxy) is 1. The van der Waals surface area contributed by atoms with Crippen LogP contribution in [0.4, 0.5) is 5.69 Å². The van der Waals surface area contributed by atoms with E-state index < -0.39 is 17.7 Å². The molecule has 3 aliphatic rings. The molecule has 0 bridgehead atoms. The molecule has 1 amide bonds. The highest BCUT2D eigenvalue weighted by Gasteiger charge is 2.52. The highest BCUT2D eigenvalue weighted by Crippen LogP contribution is 2.61. The van der Waals surface area contributed by atoms with Crippen LogP contribution in [0, 0.1) is 22.7 Å². The standard InChI is InChI=1S/C33H40N4O5/c1-22-10-13-28-32(2,3)14-7-15-33(28,4)26(22)12-11-23(20-38)18-29(39)42-21-24-19-36(35-34-24)16-17-37-27-9-6-5-8-25(27)30(40)31(37)41/h5-6,8-9,11,19-20,26,28H,1,7,10,12-18,21H2,2-4H3/b23-11+/t26-,28-,33+/m0/s1. The van der Waals surface area contributed by atoms with Gasteiger partial charge in [0.15, 0.2) is 0 Å². The number of allylic oxidation sites excluding steroid dienone is 2. The number of para-hydroxylation sites is 1. The predicted molar refractivity (Wildman–Crippen MR) is 157 cm³/mol. The number of ketones is 1. The second kappa shape index (κ2) is 11.8. The van der Waals surface area contributed by atoms with E-state index in [1.165, 1.54) is 34.4 Å². The molecule has 0 N–H and O–H groups in total. The van der Waals surface area contributed by atoms with Crippen molar-refractivity contribution < 1.29 is 23.9 Å². The quantitative estimate of drug-likeness (QED) is 0.126. The number of esters is 1. The van der Waals surface area contributed by atoms with Gasteiger partial charge in [0.1, 0.15) is 18.6 Å². The van der Waals surface area contributed by atoms with Crippen molar-refractivity contribution in [1.29, 1.82) is 0 Å². The van der Waals surface area contributed by atoms with E-state index in [0.29, 0.717) is 52.7 Å². The fraction of sp³-hybridized carbons (Fsp3) is 0.515. The van der Waals surface area contributed by atoms with Crippen molar-refractivity contribution in [2.45, 2.75) is 78.9 Å². The van der Waals surface area contributed by atoms with Gasteiger partial charge < -0.3 is 9.64 Å². The Kier molecular flexibility index (Phi) is 8.30. The number of hydrogen-bond donors (Lipinski definition) is 0. The van der Waals surface area contributed by atoms with Crippen LogP contribution in [0.25, 0.3) is 0 Å². The van der Waals surface area contributed by atoms with Crippen molar-refractivity contribution in [3.8, 4) is 0 Å². The van der Waals surface area contributed by atoms with E-state index in [1.807, 2.05) is 6.08 Å². The van der Waals surface area contributed by atoms with Crippen LogP contribution in [0.15, 0.2) is 54.3 Å². The maximum atomic E-state index is 12.6. The molecule has 0 unspecified atom stereocenters. The second-order valence-corrected chi connectivity index (χ2v) is 12.9. The maximum absolute atomic E-state index is 12.6. The first kappa shape index (κ1) is 29.6. The minimum Gasteiger partial charge on any atom is -0.459 e. The number of nitrogens with zero attached hydrogens (tertiary/aromatic N) is 4. The lowest BCUT2D eigenvalue weighted by Crippen LogP contribution is -2.49. The van der Waals surface area contributed by atoms with Crippen molar-refractivity contribution in [2.75, 3.05) is 11.4 Å². The second-order valence-electron chi connectivity index (χ2n) is 12.9. The van der Waals surface area contributed by atoms with Gasteiger partial charge in [-0.25, -0.2) is 0 Å². The zero-order valence-corrected chi connectivity index (χ0v) is 24.8. The van der Waals surface area contributed by atoms with Gasteiger partial charge in [0.2, 0.25) is 0 Å². The van der Waals surface area contributed by atoms with Crippen LogP contribution in [0.1, 0.15) is 81.8 Å². The number of carbonyl (C=O) groups is 4. The number of fused-ring (bicyclic) bond motifs is 2. The van der Waals surface area contributed by atoms with Crippen molar-refractivity contribution in [3.05, 3.63) is 65.5 Å². The normalized spacial score (nSPS) is 25.3. The first-order valence-electron chi connectivity index (χ1n) is 14.9. The van der Waals surface area contributed by atoms with Crippen molar-refractivity contribution in [2.24, 2.45) is 22.7 Å². The van der Waals surface area contributed by atoms with E-state index in [4.69, 9.17) is 4.74 Å². The van der Waals surface area contributed by atoms with E-state index in [9.17, 15) is 19.2 Å². The van der Waals surface area contributed by atoms with Gasteiger partial charge in [-0.3, -0.25) is 23.9 Å². The molecule has 0 saturated heterocycles. The van der Waals surface area contributed by atoms with Gasteiger partial charge in [0.25, 0.3) is 11.7 Å². The Morgan fingerprint density at radius 1 is 1.17 bits per heavy atom. The number of benzene rings is 1. The molecule has 5 rings (SSSR count). The number of carbonyl (C=O) groups excluding carboxylic acids is 4. The maximum Gasteiger partial charge on any atom is 0.310 e. The Balaban J connectivity index is 1.13. The summed E-state index contributed by atoms with van der Waals surface area (Å²) in [5.74, 6) is -0.672. The first-order valence-corrected chi connectivity index (χ1v) is 14.9. The fourth-order valence-electron chi connectivity index (χ4n) is 7.70. The topological polar surface area (TPSA) is 111 Å². The summed E-state index contributed by atoms with van der Waals surface area (Å²) in [4.78, 5) is 50.5. The third kappa shape index (κ3) is 5.74. The van der Waals surface area contributed by atoms with E-state index in [-0.39, 0.29) is 25.0 Å². The van der Waals surface area contributed by atoms with Gasteiger partial charge in [-0.15, -0.1) is 5.10 Å². The van der Waals surface area contributed by atoms with Gasteiger partial charge in [-0.2, -0.15) is 0 Å². The molecule has 0 radical (unpaired) electrons. The smallest absolute Gasteiger partial charge is 0.310 e. The summed E-state index contributed by atoms with van der Waals surface area (Å²) in [6, 6.07) is 6.89. The molecular formula is C33H40N4O5. The summed E-state index contributed by atoms with van der Waals surface area (Å²) in [6.45, 7) is 12.1. The molecule has 0 spiro atoms. The Morgan fingerprint density at radius 2 is 1.95 bits per heavy atom. The Labute approximate surface area is 247 Å². The van der Waals surface area contributed by atoms with Crippen molar-refractivity contribution >= 4 is 29.6 Å². The summed E-state index contributed by atoms with van der Waals surface area (Å²) in [5.41, 5.74) is 3.55. The largest absolute Gasteiger partial charge is 0.459 e. The lowest BCUT2D eigenvalue weighted by Gasteiger charge is -2.58. The molecule has 3 atom stereocenters. The Hall–Kier alpha value is -3.88. The molecule has 2 aliphatic carbocycles. The van der Waals surface area contributed by atoms with Crippen molar-refractivity contribution in [1.82, 2.24) is 15.0 Å². The molecule has 222 valence electrons. The van der Waals surface area contributed by atoms with Crippen LogP contribution in [-0.2, 0) is 32.3 Å². The zero-order valence-electron chi connectivity index (χ0n) is 24.8. The third-order valence-electron chi connectivity index (χ3n) is 9.83. The Bertz CT molecular complexity index is 1440. The van der Waals surface area contributed by atoms with Gasteiger partial charge in [-0.1, -0.05) is 62.8 Å². The van der Waals surface area contributed by atoms with Gasteiger partial charge in [0, 0.05) is 6.54 Å². The highest BCUT2D eigenvalue weighted by molar-refractivity contribution is 6.52. The van der Waals surface area contributed by atoms with E-state index in [0.717, 1.165) is 19.1 Å². The minimum absolute atomic E-state index is 0.0802. The van der Waals surface area contributed by atoms with Crippen LogP contribution < -0.4 is 4.90 Å². The van der Waals surface area contributed by atoms with Crippen molar-refractivity contribution in [3.63, 3.8) is 0 Å². The highest BCUT2D eigenvalue weighted by atomic mass is 16.5. The van der Waals surface area contributed by atoms with Crippen LogP contribution in [0.5, 0.6) is 0 Å². The number of aromatic nitrogens is 3. The van der Waals surface area contributed by atoms with Crippen LogP contribution in [0.3, 0.4) is 0 Å². The van der Waals surface area contributed by atoms with E-state index in [2.05, 4.69) is 37.7 Å². The molecule has 1 aromatic heterocycles. The third-order valence-corrected chi connectivity index (χ3v) is 9.83. The number of Topliss-reactive ketones (excluding diaryl/α,β-unsaturated/α-hetero) is 1. The summed E-state index contributed by atoms with van der Waals surface area (Å²) in [6.07, 6.45) is 10.7. The Morgan fingerprint density at radius 3 is 2.74 bits per heavy atom. The van der Waals surface area contributed by atoms with E-state index >= 15 is 0 Å². The van der Waals surface area contributed by atoms with Crippen LogP contribution >= 0.6 is 0 Å². The van der Waals surface area contributed by atoms with Crippen LogP contribution in [0.2, 0.25) is 0 Å². The lowest BCUT2D eigenvalue weighted by atomic mass is 9.47. The van der Waals surface area contributed by atoms with Gasteiger partial charge in [0.05, 0.1) is 30.4 Å². The average Bonchev–Trinajstić information content (AvgIpc) is 3.51. The number of aldehydes is 1. The molecule has 2 heterocycles. The fourth-order valence-corrected chi connectivity index (χ4v) is 7.70. The molecule has 1 aromatic carbocycles. The van der Waals surface area contributed by atoms with Gasteiger partial charge in [-0.05, 0) is 72.5 Å². The monoisotopic (exact) mass is 572 g/mol. The average molecular weight is 573 g/mol. The molecular weight excluding hydrogens is 532 g/mol. The SMILES string of the molecule is C=C1CC[C@H]2C(C)(C)CCC[C@]2(C)[C@H]1C/C=C(/C=O)CC(=O)OCc1cn(CCN2C(=O)C(=O)c3ccccc32)nn1. The molecule has 9 nitrogen and oxygen atoms in total. The predicted octanol–water partition coefficient (Wildman–Crippen LogP) is 5.26. The van der Waals surface area contributed by atoms with Gasteiger partial charge >= 0.3 is 5.97 Å². The zero-order chi connectivity index (χ0) is 30.1. The summed E-state index contributed by atoms with van der Waals surface area (Å²) in [7, 11) is 0. The summed E-state index contributed by atoms with van der Waals surface area (Å²) < 4.78 is 6.93. The summed E-state index contributed by atoms with van der Waals surface area (Å²) >= 11 is 0. The molecule has 9 heteroatoms. The van der Waals surface area contributed by atoms with Crippen LogP contribution in [-0.4, -0.2) is 45.5 Å². The number of rotatable bonds is 10. The molecule has 2 aromatic rings. The molecule has 2 saturated carbocycles. The molecule has 1 aliphatic heterocycles. The minimum atomic E-state index is -0.561. The number of amides is 1. The molecule has 42 heavy (non-hydrogen) atoms. The van der Waals surface area contributed by atoms with E-state index in [1.54, 1.807) is 30.5 Å². The first-order chi connectivity index (χ1) is 20.0. The number of anilines is 1.